The Morgan fingerprint density at radius 3 is 2.73 bits per heavy atom. The van der Waals surface area contributed by atoms with E-state index in [4.69, 9.17) is 4.74 Å². The number of methoxy groups -OCH3 is 1. The Morgan fingerprint density at radius 2 is 2.05 bits per heavy atom. The molecule has 2 heterocycles. The molecule has 0 N–H and O–H groups in total. The van der Waals surface area contributed by atoms with Crippen LogP contribution < -0.4 is 4.74 Å². The molecule has 0 saturated carbocycles. The minimum atomic E-state index is 0.250. The monoisotopic (exact) mass is 313 g/mol. The number of hydrogen-bond donors (Lipinski definition) is 0. The van der Waals surface area contributed by atoms with Crippen LogP contribution in [0.3, 0.4) is 0 Å². The molecule has 4 nitrogen and oxygen atoms in total. The van der Waals surface area contributed by atoms with Crippen molar-refractivity contribution in [1.29, 1.82) is 0 Å². The van der Waals surface area contributed by atoms with E-state index in [0.717, 1.165) is 34.4 Å². The summed E-state index contributed by atoms with van der Waals surface area (Å²) in [6.45, 7) is 6.06. The Bertz CT molecular complexity index is 761. The number of allylic oxidation sites excluding steroid dienone is 2. The van der Waals surface area contributed by atoms with Gasteiger partial charge in [-0.05, 0) is 56.4 Å². The van der Waals surface area contributed by atoms with E-state index in [9.17, 15) is 0 Å². The van der Waals surface area contributed by atoms with Crippen molar-refractivity contribution in [3.8, 4) is 5.75 Å². The van der Waals surface area contributed by atoms with Gasteiger partial charge in [0.2, 0.25) is 0 Å². The van der Waals surface area contributed by atoms with Gasteiger partial charge in [-0.3, -0.25) is 4.99 Å². The fraction of sp³-hybridized carbons (Fsp3) is 0.353. The molecule has 0 spiro atoms. The zero-order chi connectivity index (χ0) is 15.7. The first-order chi connectivity index (χ1) is 10.6. The number of nitrogens with zero attached hydrogens (tertiary/aromatic N) is 3. The largest absolute Gasteiger partial charge is 0.497 e. The van der Waals surface area contributed by atoms with Crippen molar-refractivity contribution >= 4 is 22.8 Å². The molecule has 2 aromatic rings. The predicted molar refractivity (Wildman–Crippen MR) is 90.7 cm³/mol. The van der Waals surface area contributed by atoms with E-state index >= 15 is 0 Å². The summed E-state index contributed by atoms with van der Waals surface area (Å²) in [5.41, 5.74) is 4.60. The van der Waals surface area contributed by atoms with Crippen molar-refractivity contribution in [1.82, 2.24) is 9.36 Å². The minimum absolute atomic E-state index is 0.250. The van der Waals surface area contributed by atoms with Crippen LogP contribution in [0.5, 0.6) is 5.75 Å². The lowest BCUT2D eigenvalue weighted by Crippen LogP contribution is -2.13. The summed E-state index contributed by atoms with van der Waals surface area (Å²) >= 11 is 1.45. The average molecular weight is 313 g/mol. The van der Waals surface area contributed by atoms with E-state index in [1.807, 2.05) is 19.1 Å². The quantitative estimate of drug-likeness (QED) is 0.851. The fourth-order valence-electron chi connectivity index (χ4n) is 2.89. The zero-order valence-electron chi connectivity index (χ0n) is 13.3. The lowest BCUT2D eigenvalue weighted by atomic mass is 9.84. The molecule has 1 aromatic heterocycles. The zero-order valence-corrected chi connectivity index (χ0v) is 14.1. The summed E-state index contributed by atoms with van der Waals surface area (Å²) in [6, 6.07) is 8.25. The van der Waals surface area contributed by atoms with E-state index in [0.29, 0.717) is 0 Å². The first-order valence-electron chi connectivity index (χ1n) is 7.28. The van der Waals surface area contributed by atoms with E-state index in [1.165, 1.54) is 22.7 Å². The fourth-order valence-corrected chi connectivity index (χ4v) is 3.72. The standard InChI is InChI=1S/C17H19N3OS/c1-10-8-15(13-6-5-7-14(9-13)21-4)16(11(2)18-10)17-19-12(3)20-22-17/h5-7,9,15H,8H2,1-4H3. The number of aliphatic imine (C=N–C) groups is 1. The maximum Gasteiger partial charge on any atom is 0.142 e. The normalized spacial score (nSPS) is 18.4. The van der Waals surface area contributed by atoms with Gasteiger partial charge in [0.15, 0.2) is 0 Å². The summed E-state index contributed by atoms with van der Waals surface area (Å²) in [5, 5.41) is 0.971. The van der Waals surface area contributed by atoms with Crippen LogP contribution in [0.4, 0.5) is 0 Å². The Balaban J connectivity index is 2.10. The molecule has 22 heavy (non-hydrogen) atoms. The second-order valence-electron chi connectivity index (χ2n) is 5.53. The van der Waals surface area contributed by atoms with Crippen molar-refractivity contribution in [3.05, 3.63) is 46.4 Å². The van der Waals surface area contributed by atoms with Gasteiger partial charge >= 0.3 is 0 Å². The third-order valence-corrected chi connectivity index (χ3v) is 4.69. The lowest BCUT2D eigenvalue weighted by molar-refractivity contribution is 0.414. The molecule has 0 bridgehead atoms. The summed E-state index contributed by atoms with van der Waals surface area (Å²) in [5.74, 6) is 1.94. The highest BCUT2D eigenvalue weighted by molar-refractivity contribution is 7.06. The molecule has 0 fully saturated rings. The van der Waals surface area contributed by atoms with Crippen molar-refractivity contribution in [2.24, 2.45) is 4.99 Å². The number of rotatable bonds is 3. The third-order valence-electron chi connectivity index (χ3n) is 3.85. The van der Waals surface area contributed by atoms with E-state index in [2.05, 4.69) is 40.3 Å². The van der Waals surface area contributed by atoms with Gasteiger partial charge in [0, 0.05) is 22.9 Å². The Hall–Kier alpha value is -2.01. The SMILES string of the molecule is COc1cccc(C2CC(C)=NC(C)=C2c2nc(C)ns2)c1. The Morgan fingerprint density at radius 1 is 1.23 bits per heavy atom. The summed E-state index contributed by atoms with van der Waals surface area (Å²) in [6.07, 6.45) is 0.901. The molecule has 0 saturated heterocycles. The van der Waals surface area contributed by atoms with Crippen molar-refractivity contribution in [2.75, 3.05) is 7.11 Å². The van der Waals surface area contributed by atoms with Crippen LogP contribution in [0.2, 0.25) is 0 Å². The van der Waals surface area contributed by atoms with Gasteiger partial charge in [-0.1, -0.05) is 12.1 Å². The van der Waals surface area contributed by atoms with Gasteiger partial charge in [0.1, 0.15) is 16.6 Å². The van der Waals surface area contributed by atoms with Gasteiger partial charge in [-0.25, -0.2) is 4.98 Å². The molecular formula is C17H19N3OS. The van der Waals surface area contributed by atoms with Crippen LogP contribution in [0.15, 0.2) is 35.0 Å². The first-order valence-corrected chi connectivity index (χ1v) is 8.05. The molecule has 5 heteroatoms. The van der Waals surface area contributed by atoms with Crippen molar-refractivity contribution in [2.45, 2.75) is 33.1 Å². The van der Waals surface area contributed by atoms with Crippen LogP contribution in [0.25, 0.3) is 5.57 Å². The highest BCUT2D eigenvalue weighted by Crippen LogP contribution is 2.41. The Kier molecular flexibility index (Phi) is 4.07. The van der Waals surface area contributed by atoms with Crippen LogP contribution in [0, 0.1) is 6.92 Å². The first kappa shape index (κ1) is 14.9. The summed E-state index contributed by atoms with van der Waals surface area (Å²) in [7, 11) is 1.70. The molecule has 1 aromatic carbocycles. The van der Waals surface area contributed by atoms with E-state index in [1.54, 1.807) is 7.11 Å². The van der Waals surface area contributed by atoms with Gasteiger partial charge in [-0.2, -0.15) is 4.37 Å². The number of aromatic nitrogens is 2. The molecule has 114 valence electrons. The minimum Gasteiger partial charge on any atom is -0.497 e. The van der Waals surface area contributed by atoms with E-state index in [-0.39, 0.29) is 5.92 Å². The van der Waals surface area contributed by atoms with E-state index < -0.39 is 0 Å². The predicted octanol–water partition coefficient (Wildman–Crippen LogP) is 4.23. The smallest absolute Gasteiger partial charge is 0.142 e. The highest BCUT2D eigenvalue weighted by Gasteiger charge is 2.27. The summed E-state index contributed by atoms with van der Waals surface area (Å²) in [4.78, 5) is 9.25. The highest BCUT2D eigenvalue weighted by atomic mass is 32.1. The van der Waals surface area contributed by atoms with Crippen LogP contribution in [-0.4, -0.2) is 22.2 Å². The summed E-state index contributed by atoms with van der Waals surface area (Å²) < 4.78 is 9.70. The Labute approximate surface area is 134 Å². The van der Waals surface area contributed by atoms with Gasteiger partial charge in [-0.15, -0.1) is 0 Å². The number of ether oxygens (including phenoxy) is 1. The molecule has 1 aliphatic heterocycles. The molecular weight excluding hydrogens is 294 g/mol. The molecule has 1 aliphatic rings. The molecule has 0 aliphatic carbocycles. The topological polar surface area (TPSA) is 47.4 Å². The second-order valence-corrected chi connectivity index (χ2v) is 6.28. The molecule has 0 radical (unpaired) electrons. The average Bonchev–Trinajstić information content (AvgIpc) is 2.92. The molecule has 1 unspecified atom stereocenters. The lowest BCUT2D eigenvalue weighted by Gasteiger charge is -2.25. The van der Waals surface area contributed by atoms with Gasteiger partial charge in [0.05, 0.1) is 7.11 Å². The number of hydrogen-bond acceptors (Lipinski definition) is 5. The third kappa shape index (κ3) is 2.81. The van der Waals surface area contributed by atoms with Crippen LogP contribution in [-0.2, 0) is 0 Å². The molecule has 1 atom stereocenters. The van der Waals surface area contributed by atoms with Crippen molar-refractivity contribution < 1.29 is 4.74 Å². The maximum absolute atomic E-state index is 5.37. The van der Waals surface area contributed by atoms with Crippen molar-refractivity contribution in [3.63, 3.8) is 0 Å². The maximum atomic E-state index is 5.37. The van der Waals surface area contributed by atoms with Gasteiger partial charge < -0.3 is 4.74 Å². The second kappa shape index (κ2) is 6.01. The number of aryl methyl sites for hydroxylation is 1. The number of benzene rings is 1. The van der Waals surface area contributed by atoms with Gasteiger partial charge in [0.25, 0.3) is 0 Å². The molecule has 0 amide bonds. The molecule has 3 rings (SSSR count). The van der Waals surface area contributed by atoms with Crippen LogP contribution in [0.1, 0.15) is 42.6 Å². The van der Waals surface area contributed by atoms with Crippen LogP contribution >= 0.6 is 11.5 Å².